The molecular formula is C18H20FNO4S. The van der Waals surface area contributed by atoms with Crippen LogP contribution in [0.5, 0.6) is 5.75 Å². The molecule has 0 spiro atoms. The van der Waals surface area contributed by atoms with Crippen LogP contribution in [-0.2, 0) is 21.2 Å². The Hall–Kier alpha value is -2.41. The molecule has 5 nitrogen and oxygen atoms in total. The highest BCUT2D eigenvalue weighted by molar-refractivity contribution is 7.90. The van der Waals surface area contributed by atoms with Gasteiger partial charge in [-0.15, -0.1) is 0 Å². The first kappa shape index (κ1) is 18.9. The van der Waals surface area contributed by atoms with E-state index >= 15 is 0 Å². The number of amides is 1. The van der Waals surface area contributed by atoms with Crippen molar-refractivity contribution in [1.82, 2.24) is 5.32 Å². The molecule has 2 aromatic carbocycles. The van der Waals surface area contributed by atoms with Gasteiger partial charge in [0.25, 0.3) is 0 Å². The molecule has 0 atom stereocenters. The Labute approximate surface area is 146 Å². The lowest BCUT2D eigenvalue weighted by Gasteiger charge is -2.08. The second kappa shape index (κ2) is 8.62. The Balaban J connectivity index is 1.67. The van der Waals surface area contributed by atoms with Crippen molar-refractivity contribution in [3.63, 3.8) is 0 Å². The molecule has 0 fully saturated rings. The molecule has 0 unspecified atom stereocenters. The number of carbonyl (C=O) groups is 1. The molecule has 0 aliphatic heterocycles. The van der Waals surface area contributed by atoms with Crippen LogP contribution in [0.4, 0.5) is 4.39 Å². The van der Waals surface area contributed by atoms with Crippen LogP contribution in [-0.4, -0.2) is 27.2 Å². The van der Waals surface area contributed by atoms with Crippen LogP contribution in [0.1, 0.15) is 18.4 Å². The number of rotatable bonds is 8. The topological polar surface area (TPSA) is 72.5 Å². The Morgan fingerprint density at radius 3 is 2.52 bits per heavy atom. The summed E-state index contributed by atoms with van der Waals surface area (Å²) in [6, 6.07) is 12.2. The van der Waals surface area contributed by atoms with Gasteiger partial charge in [0, 0.05) is 19.2 Å². The number of nitrogens with one attached hydrogen (secondary N) is 1. The van der Waals surface area contributed by atoms with Crippen LogP contribution in [0.15, 0.2) is 53.4 Å². The number of hydrogen-bond acceptors (Lipinski definition) is 4. The number of ether oxygens (including phenoxy) is 1. The lowest BCUT2D eigenvalue weighted by atomic mass is 10.2. The fourth-order valence-corrected chi connectivity index (χ4v) is 2.77. The first-order chi connectivity index (χ1) is 11.8. The van der Waals surface area contributed by atoms with Gasteiger partial charge in [-0.3, -0.25) is 4.79 Å². The smallest absolute Gasteiger partial charge is 0.220 e. The third-order valence-electron chi connectivity index (χ3n) is 3.45. The van der Waals surface area contributed by atoms with E-state index in [1.165, 1.54) is 24.3 Å². The zero-order valence-corrected chi connectivity index (χ0v) is 14.7. The van der Waals surface area contributed by atoms with Gasteiger partial charge >= 0.3 is 0 Å². The summed E-state index contributed by atoms with van der Waals surface area (Å²) in [6.45, 7) is 0.621. The summed E-state index contributed by atoms with van der Waals surface area (Å²) in [5.74, 6) is 0.0786. The first-order valence-corrected chi connectivity index (χ1v) is 9.68. The summed E-state index contributed by atoms with van der Waals surface area (Å²) in [5, 5.41) is 2.72. The molecule has 2 rings (SSSR count). The van der Waals surface area contributed by atoms with Gasteiger partial charge in [-0.1, -0.05) is 12.1 Å². The molecule has 0 aliphatic rings. The maximum absolute atomic E-state index is 13.0. The highest BCUT2D eigenvalue weighted by Crippen LogP contribution is 2.16. The molecule has 7 heteroatoms. The van der Waals surface area contributed by atoms with Crippen LogP contribution >= 0.6 is 0 Å². The molecule has 134 valence electrons. The standard InChI is InChI=1S/C18H20FNO4S/c1-25(22,23)17-9-7-16(8-10-17)24-11-3-6-18(21)20-13-14-4-2-5-15(19)12-14/h2,4-5,7-10,12H,3,6,11,13H2,1H3,(H,20,21). The van der Waals surface area contributed by atoms with Crippen LogP contribution in [0, 0.1) is 5.82 Å². The van der Waals surface area contributed by atoms with Crippen LogP contribution in [0.2, 0.25) is 0 Å². The van der Waals surface area contributed by atoms with Crippen molar-refractivity contribution in [3.05, 3.63) is 59.9 Å². The molecule has 0 bridgehead atoms. The molecule has 0 aliphatic carbocycles. The monoisotopic (exact) mass is 365 g/mol. The molecule has 0 radical (unpaired) electrons. The molecular weight excluding hydrogens is 345 g/mol. The molecule has 2 aromatic rings. The second-order valence-corrected chi connectivity index (χ2v) is 7.62. The fourth-order valence-electron chi connectivity index (χ4n) is 2.14. The maximum atomic E-state index is 13.0. The van der Waals surface area contributed by atoms with E-state index < -0.39 is 9.84 Å². The van der Waals surface area contributed by atoms with Crippen molar-refractivity contribution in [2.24, 2.45) is 0 Å². The number of carbonyl (C=O) groups excluding carboxylic acids is 1. The van der Waals surface area contributed by atoms with Crippen molar-refractivity contribution >= 4 is 15.7 Å². The highest BCUT2D eigenvalue weighted by Gasteiger charge is 2.07. The summed E-state index contributed by atoms with van der Waals surface area (Å²) < 4.78 is 41.2. The molecule has 0 heterocycles. The Bertz CT molecular complexity index is 819. The van der Waals surface area contributed by atoms with Gasteiger partial charge in [0.05, 0.1) is 11.5 Å². The van der Waals surface area contributed by atoms with Gasteiger partial charge < -0.3 is 10.1 Å². The van der Waals surface area contributed by atoms with E-state index in [1.54, 1.807) is 24.3 Å². The second-order valence-electron chi connectivity index (χ2n) is 5.60. The average molecular weight is 365 g/mol. The average Bonchev–Trinajstić information content (AvgIpc) is 2.57. The number of hydrogen-bond donors (Lipinski definition) is 1. The van der Waals surface area contributed by atoms with Crippen LogP contribution in [0.25, 0.3) is 0 Å². The van der Waals surface area contributed by atoms with Gasteiger partial charge in [0.2, 0.25) is 5.91 Å². The number of benzene rings is 2. The zero-order chi connectivity index (χ0) is 18.3. The van der Waals surface area contributed by atoms with Crippen LogP contribution < -0.4 is 10.1 Å². The molecule has 1 amide bonds. The van der Waals surface area contributed by atoms with E-state index in [1.807, 2.05) is 0 Å². The number of halogens is 1. The molecule has 0 aromatic heterocycles. The maximum Gasteiger partial charge on any atom is 0.220 e. The van der Waals surface area contributed by atoms with Crippen molar-refractivity contribution in [1.29, 1.82) is 0 Å². The Kier molecular flexibility index (Phi) is 6.52. The van der Waals surface area contributed by atoms with Crippen molar-refractivity contribution in [2.45, 2.75) is 24.3 Å². The van der Waals surface area contributed by atoms with E-state index in [9.17, 15) is 17.6 Å². The molecule has 1 N–H and O–H groups in total. The van der Waals surface area contributed by atoms with E-state index in [0.717, 1.165) is 6.26 Å². The van der Waals surface area contributed by atoms with Gasteiger partial charge in [0.15, 0.2) is 9.84 Å². The van der Waals surface area contributed by atoms with E-state index in [4.69, 9.17) is 4.74 Å². The zero-order valence-electron chi connectivity index (χ0n) is 13.9. The highest BCUT2D eigenvalue weighted by atomic mass is 32.2. The quantitative estimate of drug-likeness (QED) is 0.730. The summed E-state index contributed by atoms with van der Waals surface area (Å²) in [5.41, 5.74) is 0.704. The summed E-state index contributed by atoms with van der Waals surface area (Å²) in [6.07, 6.45) is 1.95. The van der Waals surface area contributed by atoms with E-state index in [2.05, 4.69) is 5.32 Å². The van der Waals surface area contributed by atoms with Gasteiger partial charge in [-0.2, -0.15) is 0 Å². The first-order valence-electron chi connectivity index (χ1n) is 7.79. The predicted octanol–water partition coefficient (Wildman–Crippen LogP) is 2.70. The van der Waals surface area contributed by atoms with Crippen molar-refractivity contribution < 1.29 is 22.3 Å². The summed E-state index contributed by atoms with van der Waals surface area (Å²) in [4.78, 5) is 12.0. The lowest BCUT2D eigenvalue weighted by molar-refractivity contribution is -0.121. The summed E-state index contributed by atoms with van der Waals surface area (Å²) in [7, 11) is -3.22. The Morgan fingerprint density at radius 2 is 1.88 bits per heavy atom. The third kappa shape index (κ3) is 6.54. The normalized spacial score (nSPS) is 11.1. The number of sulfone groups is 1. The van der Waals surface area contributed by atoms with Crippen LogP contribution in [0.3, 0.4) is 0 Å². The lowest BCUT2D eigenvalue weighted by Crippen LogP contribution is -2.23. The van der Waals surface area contributed by atoms with E-state index in [0.29, 0.717) is 24.3 Å². The minimum atomic E-state index is -3.22. The van der Waals surface area contributed by atoms with Crippen molar-refractivity contribution in [2.75, 3.05) is 12.9 Å². The third-order valence-corrected chi connectivity index (χ3v) is 4.58. The minimum Gasteiger partial charge on any atom is -0.494 e. The molecule has 25 heavy (non-hydrogen) atoms. The van der Waals surface area contributed by atoms with Gasteiger partial charge in [-0.05, 0) is 48.4 Å². The summed E-state index contributed by atoms with van der Waals surface area (Å²) >= 11 is 0. The van der Waals surface area contributed by atoms with Gasteiger partial charge in [-0.25, -0.2) is 12.8 Å². The minimum absolute atomic E-state index is 0.139. The SMILES string of the molecule is CS(=O)(=O)c1ccc(OCCCC(=O)NCc2cccc(F)c2)cc1. The molecule has 0 saturated heterocycles. The molecule has 0 saturated carbocycles. The van der Waals surface area contributed by atoms with E-state index in [-0.39, 0.29) is 29.6 Å². The Morgan fingerprint density at radius 1 is 1.16 bits per heavy atom. The van der Waals surface area contributed by atoms with Gasteiger partial charge in [0.1, 0.15) is 11.6 Å². The largest absolute Gasteiger partial charge is 0.494 e. The fraction of sp³-hybridized carbons (Fsp3) is 0.278. The van der Waals surface area contributed by atoms with Crippen molar-refractivity contribution in [3.8, 4) is 5.75 Å². The predicted molar refractivity (Wildman–Crippen MR) is 92.5 cm³/mol.